The van der Waals surface area contributed by atoms with E-state index < -0.39 is 0 Å². The van der Waals surface area contributed by atoms with Crippen LogP contribution in [0.2, 0.25) is 0 Å². The molecule has 0 aliphatic heterocycles. The summed E-state index contributed by atoms with van der Waals surface area (Å²) in [5.41, 5.74) is 7.11. The molecule has 2 rings (SSSR count). The minimum atomic E-state index is -0.0156. The van der Waals surface area contributed by atoms with Crippen LogP contribution in [0.4, 0.5) is 0 Å². The summed E-state index contributed by atoms with van der Waals surface area (Å²) in [4.78, 5) is 0. The SMILES string of the molecule is COc1cccc(COc2cc(Br)ccc2C(=N)N)c1. The van der Waals surface area contributed by atoms with Crippen LogP contribution < -0.4 is 15.2 Å². The topological polar surface area (TPSA) is 68.3 Å². The molecule has 0 fully saturated rings. The smallest absolute Gasteiger partial charge is 0.131 e. The fraction of sp³-hybridized carbons (Fsp3) is 0.133. The maximum atomic E-state index is 7.56. The van der Waals surface area contributed by atoms with Crippen LogP contribution in [0, 0.1) is 5.41 Å². The predicted octanol–water partition coefficient (Wildman–Crippen LogP) is 3.32. The van der Waals surface area contributed by atoms with E-state index >= 15 is 0 Å². The van der Waals surface area contributed by atoms with Crippen molar-refractivity contribution in [3.63, 3.8) is 0 Å². The average molecular weight is 335 g/mol. The van der Waals surface area contributed by atoms with Crippen LogP contribution >= 0.6 is 15.9 Å². The molecule has 0 aliphatic carbocycles. The molecule has 0 radical (unpaired) electrons. The minimum Gasteiger partial charge on any atom is -0.497 e. The fourth-order valence-electron chi connectivity index (χ4n) is 1.76. The van der Waals surface area contributed by atoms with Crippen molar-refractivity contribution in [2.24, 2.45) is 5.73 Å². The average Bonchev–Trinajstić information content (AvgIpc) is 2.45. The van der Waals surface area contributed by atoms with E-state index in [2.05, 4.69) is 15.9 Å². The molecule has 0 amide bonds. The van der Waals surface area contributed by atoms with E-state index in [1.54, 1.807) is 19.2 Å². The first-order valence-corrected chi connectivity index (χ1v) is 6.79. The number of nitrogen functional groups attached to an aromatic ring is 1. The lowest BCUT2D eigenvalue weighted by atomic mass is 10.2. The molecule has 0 atom stereocenters. The quantitative estimate of drug-likeness (QED) is 0.651. The number of nitrogens with two attached hydrogens (primary N) is 1. The summed E-state index contributed by atoms with van der Waals surface area (Å²) in [6.07, 6.45) is 0. The van der Waals surface area contributed by atoms with E-state index in [9.17, 15) is 0 Å². The Morgan fingerprint density at radius 1 is 1.25 bits per heavy atom. The highest BCUT2D eigenvalue weighted by Crippen LogP contribution is 2.24. The van der Waals surface area contributed by atoms with E-state index in [4.69, 9.17) is 20.6 Å². The number of hydrogen-bond acceptors (Lipinski definition) is 3. The normalized spacial score (nSPS) is 10.1. The summed E-state index contributed by atoms with van der Waals surface area (Å²) in [5, 5.41) is 7.56. The predicted molar refractivity (Wildman–Crippen MR) is 82.5 cm³/mol. The maximum Gasteiger partial charge on any atom is 0.131 e. The summed E-state index contributed by atoms with van der Waals surface area (Å²) in [5.74, 6) is 1.35. The first-order chi connectivity index (χ1) is 9.60. The zero-order valence-corrected chi connectivity index (χ0v) is 12.6. The molecule has 3 N–H and O–H groups in total. The summed E-state index contributed by atoms with van der Waals surface area (Å²) >= 11 is 3.38. The lowest BCUT2D eigenvalue weighted by molar-refractivity contribution is 0.304. The van der Waals surface area contributed by atoms with Gasteiger partial charge in [0.25, 0.3) is 0 Å². The van der Waals surface area contributed by atoms with E-state index in [0.717, 1.165) is 15.8 Å². The second-order valence-corrected chi connectivity index (χ2v) is 5.11. The third kappa shape index (κ3) is 3.51. The first-order valence-electron chi connectivity index (χ1n) is 6.00. The summed E-state index contributed by atoms with van der Waals surface area (Å²) in [6.45, 7) is 0.383. The van der Waals surface area contributed by atoms with Gasteiger partial charge in [0.2, 0.25) is 0 Å². The fourth-order valence-corrected chi connectivity index (χ4v) is 2.10. The van der Waals surface area contributed by atoms with Crippen LogP contribution in [0.1, 0.15) is 11.1 Å². The molecule has 0 saturated heterocycles. The number of methoxy groups -OCH3 is 1. The van der Waals surface area contributed by atoms with Crippen molar-refractivity contribution in [2.75, 3.05) is 7.11 Å². The number of halogens is 1. The van der Waals surface area contributed by atoms with E-state index in [1.807, 2.05) is 30.3 Å². The molecule has 0 aromatic heterocycles. The molecule has 20 heavy (non-hydrogen) atoms. The van der Waals surface area contributed by atoms with Crippen molar-refractivity contribution in [1.82, 2.24) is 0 Å². The molecule has 0 bridgehead atoms. The van der Waals surface area contributed by atoms with Gasteiger partial charge in [-0.05, 0) is 35.9 Å². The third-order valence-corrected chi connectivity index (χ3v) is 3.26. The molecule has 0 saturated carbocycles. The molecular weight excluding hydrogens is 320 g/mol. The van der Waals surface area contributed by atoms with Crippen molar-refractivity contribution in [3.8, 4) is 11.5 Å². The van der Waals surface area contributed by atoms with Crippen molar-refractivity contribution < 1.29 is 9.47 Å². The van der Waals surface area contributed by atoms with Crippen molar-refractivity contribution in [1.29, 1.82) is 5.41 Å². The van der Waals surface area contributed by atoms with Crippen molar-refractivity contribution >= 4 is 21.8 Å². The Hall–Kier alpha value is -2.01. The van der Waals surface area contributed by atoms with E-state index in [1.165, 1.54) is 0 Å². The number of ether oxygens (including phenoxy) is 2. The Bertz CT molecular complexity index is 629. The van der Waals surface area contributed by atoms with Gasteiger partial charge >= 0.3 is 0 Å². The van der Waals surface area contributed by atoms with Gasteiger partial charge < -0.3 is 15.2 Å². The van der Waals surface area contributed by atoms with Crippen LogP contribution in [0.3, 0.4) is 0 Å². The monoisotopic (exact) mass is 334 g/mol. The highest BCUT2D eigenvalue weighted by Gasteiger charge is 2.08. The van der Waals surface area contributed by atoms with Gasteiger partial charge in [-0.15, -0.1) is 0 Å². The number of benzene rings is 2. The summed E-state index contributed by atoms with van der Waals surface area (Å²) in [7, 11) is 1.63. The van der Waals surface area contributed by atoms with Gasteiger partial charge in [0.15, 0.2) is 0 Å². The molecule has 104 valence electrons. The number of amidine groups is 1. The Balaban J connectivity index is 2.17. The summed E-state index contributed by atoms with van der Waals surface area (Å²) < 4.78 is 11.8. The molecule has 5 heteroatoms. The highest BCUT2D eigenvalue weighted by molar-refractivity contribution is 9.10. The summed E-state index contributed by atoms with van der Waals surface area (Å²) in [6, 6.07) is 13.0. The first kappa shape index (κ1) is 14.4. The largest absolute Gasteiger partial charge is 0.497 e. The van der Waals surface area contributed by atoms with Crippen LogP contribution in [0.25, 0.3) is 0 Å². The van der Waals surface area contributed by atoms with Crippen LogP contribution in [-0.4, -0.2) is 12.9 Å². The van der Waals surface area contributed by atoms with E-state index in [-0.39, 0.29) is 5.84 Å². The lowest BCUT2D eigenvalue weighted by Crippen LogP contribution is -2.13. The highest BCUT2D eigenvalue weighted by atomic mass is 79.9. The van der Waals surface area contributed by atoms with E-state index in [0.29, 0.717) is 17.9 Å². The Morgan fingerprint density at radius 3 is 2.75 bits per heavy atom. The van der Waals surface area contributed by atoms with Gasteiger partial charge in [-0.1, -0.05) is 28.1 Å². The lowest BCUT2D eigenvalue weighted by Gasteiger charge is -2.11. The van der Waals surface area contributed by atoms with Crippen molar-refractivity contribution in [3.05, 3.63) is 58.1 Å². The van der Waals surface area contributed by atoms with Crippen LogP contribution in [0.5, 0.6) is 11.5 Å². The second kappa shape index (κ2) is 6.43. The van der Waals surface area contributed by atoms with Gasteiger partial charge in [0, 0.05) is 4.47 Å². The maximum absolute atomic E-state index is 7.56. The number of rotatable bonds is 5. The van der Waals surface area contributed by atoms with Crippen LogP contribution in [0.15, 0.2) is 46.9 Å². The van der Waals surface area contributed by atoms with Gasteiger partial charge in [-0.3, -0.25) is 5.41 Å². The Morgan fingerprint density at radius 2 is 2.05 bits per heavy atom. The third-order valence-electron chi connectivity index (χ3n) is 2.76. The Labute approximate surface area is 126 Å². The van der Waals surface area contributed by atoms with Crippen molar-refractivity contribution in [2.45, 2.75) is 6.61 Å². The molecule has 0 unspecified atom stereocenters. The number of nitrogens with one attached hydrogen (secondary N) is 1. The molecule has 0 spiro atoms. The standard InChI is InChI=1S/C15H15BrN2O2/c1-19-12-4-2-3-10(7-12)9-20-14-8-11(16)5-6-13(14)15(17)18/h2-8H,9H2,1H3,(H3,17,18). The second-order valence-electron chi connectivity index (χ2n) is 4.19. The molecule has 0 aliphatic rings. The number of hydrogen-bond donors (Lipinski definition) is 2. The van der Waals surface area contributed by atoms with Crippen LogP contribution in [-0.2, 0) is 6.61 Å². The van der Waals surface area contributed by atoms with Gasteiger partial charge in [-0.25, -0.2) is 0 Å². The molecule has 2 aromatic carbocycles. The molecular formula is C15H15BrN2O2. The molecule has 4 nitrogen and oxygen atoms in total. The molecule has 2 aromatic rings. The zero-order valence-electron chi connectivity index (χ0n) is 11.0. The van der Waals surface area contributed by atoms with Gasteiger partial charge in [-0.2, -0.15) is 0 Å². The zero-order chi connectivity index (χ0) is 14.5. The Kier molecular flexibility index (Phi) is 4.63. The molecule has 0 heterocycles. The van der Waals surface area contributed by atoms with Gasteiger partial charge in [0.05, 0.1) is 12.7 Å². The minimum absolute atomic E-state index is 0.0156. The van der Waals surface area contributed by atoms with Gasteiger partial charge in [0.1, 0.15) is 23.9 Å².